The molecule has 0 bridgehead atoms. The van der Waals surface area contributed by atoms with Crippen molar-refractivity contribution >= 4 is 23.8 Å². The monoisotopic (exact) mass is 329 g/mol. The topological polar surface area (TPSA) is 52.8 Å². The van der Waals surface area contributed by atoms with Gasteiger partial charge in [-0.1, -0.05) is 84.9 Å². The lowest BCUT2D eigenvalue weighted by atomic mass is 10.2. The van der Waals surface area contributed by atoms with Gasteiger partial charge in [-0.25, -0.2) is 0 Å². The molecule has 4 nitrogen and oxygen atoms in total. The van der Waals surface area contributed by atoms with Crippen LogP contribution < -0.4 is 21.0 Å². The number of hydrogen-bond acceptors (Lipinski definition) is 3. The summed E-state index contributed by atoms with van der Waals surface area (Å²) < 4.78 is 0. The maximum atomic E-state index is 4.06. The van der Waals surface area contributed by atoms with Crippen LogP contribution in [0, 0.1) is 0 Å². The summed E-state index contributed by atoms with van der Waals surface area (Å²) in [6.07, 6.45) is 0. The molecule has 4 aromatic rings. The molecule has 0 saturated heterocycles. The average Bonchev–Trinajstić information content (AvgIpc) is 3.19. The van der Waals surface area contributed by atoms with Crippen molar-refractivity contribution in [3.05, 3.63) is 84.9 Å². The van der Waals surface area contributed by atoms with Crippen molar-refractivity contribution in [3.8, 4) is 11.4 Å². The molecule has 24 heavy (non-hydrogen) atoms. The highest BCUT2D eigenvalue weighted by atomic mass is 31.1. The Balaban J connectivity index is 1.93. The predicted molar refractivity (Wildman–Crippen MR) is 97.3 cm³/mol. The molecular weight excluding hydrogens is 315 g/mol. The Hall–Kier alpha value is -2.84. The molecule has 0 atom stereocenters. The molecule has 3 aromatic carbocycles. The number of benzene rings is 3. The lowest BCUT2D eigenvalue weighted by Gasteiger charge is -2.22. The van der Waals surface area contributed by atoms with E-state index in [0.29, 0.717) is 5.82 Å². The zero-order valence-corrected chi connectivity index (χ0v) is 13.7. The summed E-state index contributed by atoms with van der Waals surface area (Å²) in [5.41, 5.74) is 0.987. The van der Waals surface area contributed by atoms with E-state index in [1.54, 1.807) is 0 Å². The molecule has 0 radical (unpaired) electrons. The number of hydrogen-bond donors (Lipinski definition) is 0. The molecule has 0 aliphatic carbocycles. The Kier molecular flexibility index (Phi) is 4.13. The fourth-order valence-corrected chi connectivity index (χ4v) is 5.14. The first kappa shape index (κ1) is 14.7. The van der Waals surface area contributed by atoms with Crippen molar-refractivity contribution in [2.75, 3.05) is 0 Å². The van der Waals surface area contributed by atoms with Crippen molar-refractivity contribution in [2.45, 2.75) is 0 Å². The maximum absolute atomic E-state index is 4.06. The highest BCUT2D eigenvalue weighted by Gasteiger charge is 2.19. The molecule has 0 aliphatic rings. The van der Waals surface area contributed by atoms with Gasteiger partial charge in [0.25, 0.3) is 0 Å². The van der Waals surface area contributed by atoms with Gasteiger partial charge in [-0.15, -0.1) is 0 Å². The smallest absolute Gasteiger partial charge is 0.0403 e. The summed E-state index contributed by atoms with van der Waals surface area (Å²) in [5.74, 6) is 0.574. The van der Waals surface area contributed by atoms with Gasteiger partial charge in [-0.2, -0.15) is 5.21 Å². The first-order valence-electron chi connectivity index (χ1n) is 7.62. The van der Waals surface area contributed by atoms with Crippen LogP contribution in [-0.2, 0) is 0 Å². The summed E-state index contributed by atoms with van der Waals surface area (Å²) in [5, 5.41) is 19.2. The second-order valence-corrected chi connectivity index (χ2v) is 7.41. The van der Waals surface area contributed by atoms with Crippen LogP contribution >= 0.6 is 7.92 Å². The summed E-state index contributed by atoms with van der Waals surface area (Å²) in [4.78, 5) is 0. The van der Waals surface area contributed by atoms with E-state index in [1.807, 2.05) is 24.3 Å². The van der Waals surface area contributed by atoms with Crippen molar-refractivity contribution in [3.63, 3.8) is 0 Å². The van der Waals surface area contributed by atoms with E-state index in [2.05, 4.69) is 81.3 Å². The molecule has 1 heterocycles. The molecule has 0 N–H and O–H groups in total. The lowest BCUT2D eigenvalue weighted by Crippen LogP contribution is -2.22. The normalized spacial score (nSPS) is 10.9. The SMILES string of the molecule is c1ccc(P(c2ccccc2)c2ccccc2-c2nnn[n-]2)cc1. The first-order valence-corrected chi connectivity index (χ1v) is 8.96. The van der Waals surface area contributed by atoms with Crippen LogP contribution in [0.25, 0.3) is 11.4 Å². The third-order valence-corrected chi connectivity index (χ3v) is 6.23. The number of nitrogens with zero attached hydrogens (tertiary/aromatic N) is 4. The van der Waals surface area contributed by atoms with Gasteiger partial charge in [0, 0.05) is 5.82 Å². The fraction of sp³-hybridized carbons (Fsp3) is 0. The quantitative estimate of drug-likeness (QED) is 0.539. The van der Waals surface area contributed by atoms with Crippen molar-refractivity contribution in [1.82, 2.24) is 20.6 Å². The van der Waals surface area contributed by atoms with Gasteiger partial charge < -0.3 is 5.10 Å². The molecule has 0 aliphatic heterocycles. The minimum Gasteiger partial charge on any atom is -0.330 e. The first-order chi connectivity index (χ1) is 11.9. The van der Waals surface area contributed by atoms with Crippen LogP contribution in [0.5, 0.6) is 0 Å². The van der Waals surface area contributed by atoms with E-state index in [-0.39, 0.29) is 0 Å². The molecule has 4 rings (SSSR count). The van der Waals surface area contributed by atoms with Crippen molar-refractivity contribution in [2.24, 2.45) is 0 Å². The van der Waals surface area contributed by atoms with Crippen LogP contribution in [-0.4, -0.2) is 15.5 Å². The number of aromatic nitrogens is 4. The zero-order chi connectivity index (χ0) is 16.2. The van der Waals surface area contributed by atoms with Gasteiger partial charge in [-0.05, 0) is 29.4 Å². The van der Waals surface area contributed by atoms with Gasteiger partial charge in [0.2, 0.25) is 0 Å². The zero-order valence-electron chi connectivity index (χ0n) is 12.8. The van der Waals surface area contributed by atoms with E-state index in [9.17, 15) is 0 Å². The largest absolute Gasteiger partial charge is 0.330 e. The Bertz CT molecular complexity index is 869. The number of rotatable bonds is 4. The van der Waals surface area contributed by atoms with E-state index in [1.165, 1.54) is 15.9 Å². The molecule has 0 unspecified atom stereocenters. The van der Waals surface area contributed by atoms with Crippen LogP contribution in [0.15, 0.2) is 84.9 Å². The highest BCUT2D eigenvalue weighted by Crippen LogP contribution is 2.35. The molecule has 5 heteroatoms. The van der Waals surface area contributed by atoms with Crippen LogP contribution in [0.4, 0.5) is 0 Å². The molecule has 0 amide bonds. The Morgan fingerprint density at radius 2 is 1.25 bits per heavy atom. The molecule has 0 fully saturated rings. The minimum atomic E-state index is -0.707. The Morgan fingerprint density at radius 1 is 0.667 bits per heavy atom. The van der Waals surface area contributed by atoms with E-state index >= 15 is 0 Å². The highest BCUT2D eigenvalue weighted by molar-refractivity contribution is 7.80. The van der Waals surface area contributed by atoms with E-state index in [4.69, 9.17) is 0 Å². The van der Waals surface area contributed by atoms with E-state index < -0.39 is 7.92 Å². The maximum Gasteiger partial charge on any atom is 0.0403 e. The predicted octanol–water partition coefficient (Wildman–Crippen LogP) is 2.25. The molecule has 1 aromatic heterocycles. The fourth-order valence-electron chi connectivity index (χ4n) is 2.69. The number of tetrazole rings is 1. The second kappa shape index (κ2) is 6.73. The van der Waals surface area contributed by atoms with Gasteiger partial charge in [0.05, 0.1) is 0 Å². The third kappa shape index (κ3) is 2.84. The summed E-state index contributed by atoms with van der Waals surface area (Å²) in [6, 6.07) is 29.4. The molecule has 0 spiro atoms. The molecular formula is C19H14N4P-. The Labute approximate surface area is 141 Å². The van der Waals surface area contributed by atoms with Crippen molar-refractivity contribution in [1.29, 1.82) is 0 Å². The van der Waals surface area contributed by atoms with Gasteiger partial charge in [0.1, 0.15) is 0 Å². The second-order valence-electron chi connectivity index (χ2n) is 5.23. The standard InChI is InChI=1S/C19H14N4P/c1-3-9-15(10-4-1)24(16-11-5-2-6-12-16)18-14-8-7-13-17(18)19-20-22-23-21-19/h1-14H/q-1. The summed E-state index contributed by atoms with van der Waals surface area (Å²) in [7, 11) is -0.707. The third-order valence-electron chi connectivity index (χ3n) is 3.73. The van der Waals surface area contributed by atoms with Crippen LogP contribution in [0.1, 0.15) is 0 Å². The summed E-state index contributed by atoms with van der Waals surface area (Å²) >= 11 is 0. The molecule has 116 valence electrons. The average molecular weight is 329 g/mol. The summed E-state index contributed by atoms with van der Waals surface area (Å²) in [6.45, 7) is 0. The van der Waals surface area contributed by atoms with E-state index in [0.717, 1.165) is 5.56 Å². The van der Waals surface area contributed by atoms with Gasteiger partial charge in [0.15, 0.2) is 0 Å². The van der Waals surface area contributed by atoms with Gasteiger partial charge in [-0.3, -0.25) is 10.3 Å². The van der Waals surface area contributed by atoms with Crippen molar-refractivity contribution < 1.29 is 0 Å². The van der Waals surface area contributed by atoms with Crippen LogP contribution in [0.2, 0.25) is 0 Å². The Morgan fingerprint density at radius 3 is 1.83 bits per heavy atom. The van der Waals surface area contributed by atoms with Crippen LogP contribution in [0.3, 0.4) is 0 Å². The molecule has 0 saturated carbocycles. The minimum absolute atomic E-state index is 0.574. The lowest BCUT2D eigenvalue weighted by molar-refractivity contribution is 0.871. The van der Waals surface area contributed by atoms with Gasteiger partial charge >= 0.3 is 0 Å².